The smallest absolute Gasteiger partial charge is 0.291 e. The quantitative estimate of drug-likeness (QED) is 0.427. The highest BCUT2D eigenvalue weighted by molar-refractivity contribution is 14.1. The molecule has 0 N–H and O–H groups in total. The summed E-state index contributed by atoms with van der Waals surface area (Å²) in [7, 11) is -3.70. The van der Waals surface area contributed by atoms with Gasteiger partial charge in [-0.25, -0.2) is 15.0 Å². The Hall–Kier alpha value is -1.39. The van der Waals surface area contributed by atoms with Crippen molar-refractivity contribution in [1.29, 1.82) is 0 Å². The molecule has 0 aliphatic rings. The summed E-state index contributed by atoms with van der Waals surface area (Å²) < 4.78 is 26.1. The van der Waals surface area contributed by atoms with Crippen LogP contribution in [0.4, 0.5) is 0 Å². The Balaban J connectivity index is 2.44. The molecule has 0 bridgehead atoms. The molecule has 1 atom stereocenters. The molecular formula is C16H14INO2S. The number of hydrogen-bond acceptors (Lipinski definition) is 2. The lowest BCUT2D eigenvalue weighted by molar-refractivity contribution is 0.590. The van der Waals surface area contributed by atoms with Crippen molar-refractivity contribution in [3.63, 3.8) is 0 Å². The summed E-state index contributed by atoms with van der Waals surface area (Å²) >= 11 is 2.24. The molecule has 108 valence electrons. The summed E-state index contributed by atoms with van der Waals surface area (Å²) in [5.41, 5.74) is 2.61. The summed E-state index contributed by atoms with van der Waals surface area (Å²) in [6.45, 7) is 9.18. The third kappa shape index (κ3) is 3.44. The number of hydrogen-bond donors (Lipinski definition) is 0. The highest BCUT2D eigenvalue weighted by atomic mass is 127. The number of aryl methyl sites for hydroxylation is 1. The summed E-state index contributed by atoms with van der Waals surface area (Å²) in [5, 5.41) is -1.19. The fourth-order valence-corrected chi connectivity index (χ4v) is 3.89. The molecule has 0 saturated carbocycles. The highest BCUT2D eigenvalue weighted by Gasteiger charge is 2.34. The van der Waals surface area contributed by atoms with E-state index in [9.17, 15) is 8.42 Å². The molecule has 0 fully saturated rings. The van der Waals surface area contributed by atoms with Gasteiger partial charge >= 0.3 is 5.37 Å². The minimum Gasteiger partial charge on any atom is -0.291 e. The molecular weight excluding hydrogens is 397 g/mol. The van der Waals surface area contributed by atoms with Crippen LogP contribution in [0.15, 0.2) is 53.4 Å². The Morgan fingerprint density at radius 3 is 2.14 bits per heavy atom. The van der Waals surface area contributed by atoms with Crippen LogP contribution < -0.4 is 0 Å². The standard InChI is InChI=1S/C16H14INO2S/c1-12-3-9-15(10-4-12)21(19,20)16(18-2)14-7-5-13(11-17)6-8-14/h3-10,16H,11H2,1H3/t16-/m1/s1. The van der Waals surface area contributed by atoms with Gasteiger partial charge in [-0.3, -0.25) is 4.85 Å². The Labute approximate surface area is 138 Å². The predicted molar refractivity (Wildman–Crippen MR) is 91.9 cm³/mol. The van der Waals surface area contributed by atoms with Crippen molar-refractivity contribution in [3.8, 4) is 0 Å². The van der Waals surface area contributed by atoms with Crippen LogP contribution >= 0.6 is 22.6 Å². The highest BCUT2D eigenvalue weighted by Crippen LogP contribution is 2.30. The van der Waals surface area contributed by atoms with Gasteiger partial charge in [0.05, 0.1) is 10.5 Å². The van der Waals surface area contributed by atoms with Gasteiger partial charge in [-0.05, 0) is 36.8 Å². The van der Waals surface area contributed by atoms with Crippen molar-refractivity contribution >= 4 is 32.4 Å². The molecule has 0 aromatic heterocycles. The van der Waals surface area contributed by atoms with E-state index in [2.05, 4.69) is 27.4 Å². The second-order valence-electron chi connectivity index (χ2n) is 4.71. The van der Waals surface area contributed by atoms with E-state index in [-0.39, 0.29) is 4.90 Å². The van der Waals surface area contributed by atoms with Gasteiger partial charge in [-0.15, -0.1) is 0 Å². The van der Waals surface area contributed by atoms with E-state index in [1.54, 1.807) is 36.4 Å². The molecule has 0 heterocycles. The molecule has 0 amide bonds. The lowest BCUT2D eigenvalue weighted by atomic mass is 10.1. The zero-order chi connectivity index (χ0) is 15.5. The van der Waals surface area contributed by atoms with Crippen LogP contribution in [-0.2, 0) is 14.3 Å². The van der Waals surface area contributed by atoms with Crippen LogP contribution in [0.5, 0.6) is 0 Å². The molecule has 2 rings (SSSR count). The van der Waals surface area contributed by atoms with Crippen molar-refractivity contribution < 1.29 is 8.42 Å². The Kier molecular flexibility index (Phi) is 5.01. The van der Waals surface area contributed by atoms with E-state index in [0.717, 1.165) is 15.6 Å². The van der Waals surface area contributed by atoms with E-state index in [4.69, 9.17) is 6.57 Å². The summed E-state index contributed by atoms with van der Waals surface area (Å²) in [5.74, 6) is 0. The van der Waals surface area contributed by atoms with E-state index < -0.39 is 15.2 Å². The SMILES string of the molecule is [C-]#[N+][C@@H](c1ccc(CI)cc1)S(=O)(=O)c1ccc(C)cc1. The first kappa shape index (κ1) is 16.0. The average molecular weight is 411 g/mol. The van der Waals surface area contributed by atoms with Crippen molar-refractivity contribution in [2.45, 2.75) is 21.6 Å². The van der Waals surface area contributed by atoms with Crippen LogP contribution in [0.2, 0.25) is 0 Å². The molecule has 21 heavy (non-hydrogen) atoms. The lowest BCUT2D eigenvalue weighted by Gasteiger charge is -2.08. The molecule has 0 spiro atoms. The maximum atomic E-state index is 12.6. The molecule has 0 saturated heterocycles. The van der Waals surface area contributed by atoms with Crippen LogP contribution in [-0.4, -0.2) is 8.42 Å². The molecule has 2 aromatic carbocycles. The number of sulfone groups is 1. The van der Waals surface area contributed by atoms with Crippen molar-refractivity contribution in [3.05, 3.63) is 76.6 Å². The minimum atomic E-state index is -3.70. The third-order valence-corrected chi connectivity index (χ3v) is 5.96. The van der Waals surface area contributed by atoms with Crippen molar-refractivity contribution in [2.75, 3.05) is 0 Å². The first-order chi connectivity index (χ1) is 9.98. The zero-order valence-corrected chi connectivity index (χ0v) is 14.4. The van der Waals surface area contributed by atoms with Crippen molar-refractivity contribution in [2.24, 2.45) is 0 Å². The largest absolute Gasteiger partial charge is 0.350 e. The van der Waals surface area contributed by atoms with Crippen LogP contribution in [0.25, 0.3) is 4.85 Å². The van der Waals surface area contributed by atoms with E-state index in [0.29, 0.717) is 5.56 Å². The fourth-order valence-electron chi connectivity index (χ4n) is 1.95. The summed E-state index contributed by atoms with van der Waals surface area (Å²) in [6.07, 6.45) is 0. The van der Waals surface area contributed by atoms with Gasteiger partial charge < -0.3 is 0 Å². The zero-order valence-electron chi connectivity index (χ0n) is 11.5. The minimum absolute atomic E-state index is 0.187. The number of nitrogens with zero attached hydrogens (tertiary/aromatic N) is 1. The Bertz CT molecular complexity index is 759. The van der Waals surface area contributed by atoms with Gasteiger partial charge in [0.25, 0.3) is 9.84 Å². The van der Waals surface area contributed by atoms with Gasteiger partial charge in [-0.2, -0.15) is 0 Å². The van der Waals surface area contributed by atoms with Gasteiger partial charge in [0.2, 0.25) is 0 Å². The summed E-state index contributed by atoms with van der Waals surface area (Å²) in [4.78, 5) is 3.53. The summed E-state index contributed by atoms with van der Waals surface area (Å²) in [6, 6.07) is 13.8. The van der Waals surface area contributed by atoms with Crippen LogP contribution in [0.1, 0.15) is 22.1 Å². The molecule has 0 unspecified atom stereocenters. The molecule has 5 heteroatoms. The molecule has 2 aromatic rings. The van der Waals surface area contributed by atoms with E-state index in [1.807, 2.05) is 19.1 Å². The van der Waals surface area contributed by atoms with Gasteiger partial charge in [0, 0.05) is 4.43 Å². The van der Waals surface area contributed by atoms with E-state index in [1.165, 1.54) is 0 Å². The number of rotatable bonds is 4. The number of halogens is 1. The fraction of sp³-hybridized carbons (Fsp3) is 0.188. The number of benzene rings is 2. The number of alkyl halides is 1. The second kappa shape index (κ2) is 6.58. The monoisotopic (exact) mass is 411 g/mol. The van der Waals surface area contributed by atoms with E-state index >= 15 is 0 Å². The maximum Gasteiger partial charge on any atom is 0.350 e. The van der Waals surface area contributed by atoms with Gasteiger partial charge in [0.15, 0.2) is 0 Å². The molecule has 0 radical (unpaired) electrons. The second-order valence-corrected chi connectivity index (χ2v) is 7.49. The predicted octanol–water partition coefficient (Wildman–Crippen LogP) is 4.32. The van der Waals surface area contributed by atoms with Gasteiger partial charge in [0.1, 0.15) is 0 Å². The lowest BCUT2D eigenvalue weighted by Crippen LogP contribution is -2.10. The molecule has 0 aliphatic heterocycles. The van der Waals surface area contributed by atoms with Gasteiger partial charge in [-0.1, -0.05) is 52.4 Å². The normalized spacial score (nSPS) is 12.6. The Morgan fingerprint density at radius 2 is 1.67 bits per heavy atom. The molecule has 3 nitrogen and oxygen atoms in total. The van der Waals surface area contributed by atoms with Crippen LogP contribution in [0.3, 0.4) is 0 Å². The molecule has 0 aliphatic carbocycles. The maximum absolute atomic E-state index is 12.6. The Morgan fingerprint density at radius 1 is 1.10 bits per heavy atom. The first-order valence-corrected chi connectivity index (χ1v) is 9.38. The average Bonchev–Trinajstić information content (AvgIpc) is 2.49. The third-order valence-electron chi connectivity index (χ3n) is 3.18. The van der Waals surface area contributed by atoms with Crippen LogP contribution in [0, 0.1) is 13.5 Å². The first-order valence-electron chi connectivity index (χ1n) is 6.31. The topological polar surface area (TPSA) is 38.5 Å². The van der Waals surface area contributed by atoms with Crippen molar-refractivity contribution in [1.82, 2.24) is 0 Å².